The maximum absolute atomic E-state index is 5.76. The molecule has 0 saturated carbocycles. The molecule has 6 heteroatoms. The first-order valence-corrected chi connectivity index (χ1v) is 6.29. The fraction of sp³-hybridized carbons (Fsp3) is 0.308. The number of nitrogens with zero attached hydrogens (tertiary/aromatic N) is 2. The molecule has 0 spiro atoms. The van der Waals surface area contributed by atoms with Gasteiger partial charge < -0.3 is 9.47 Å². The van der Waals surface area contributed by atoms with Gasteiger partial charge in [-0.3, -0.25) is 4.98 Å². The summed E-state index contributed by atoms with van der Waals surface area (Å²) in [6, 6.07) is 7.95. The zero-order valence-electron chi connectivity index (χ0n) is 11.0. The van der Waals surface area contributed by atoms with Crippen molar-refractivity contribution in [1.29, 1.82) is 0 Å². The largest absolute Gasteiger partial charge is 0.490 e. The summed E-state index contributed by atoms with van der Waals surface area (Å²) in [7, 11) is 1.52. The maximum atomic E-state index is 5.76. The van der Waals surface area contributed by atoms with Crippen molar-refractivity contribution in [3.05, 3.63) is 29.0 Å². The van der Waals surface area contributed by atoms with Crippen molar-refractivity contribution in [2.75, 3.05) is 7.11 Å². The van der Waals surface area contributed by atoms with Gasteiger partial charge in [-0.15, -0.1) is 0 Å². The standard InChI is InChI=1S/C13H15N3O2S/c1-8(2)18-10-7-5-4-6-9(10)11-14-12(17-3)16-13(19)15-11/h4-8H,1-3H3,(H,14,15,16,19). The third-order valence-electron chi connectivity index (χ3n) is 2.33. The number of benzene rings is 1. The molecule has 0 aliphatic carbocycles. The van der Waals surface area contributed by atoms with E-state index in [1.807, 2.05) is 38.1 Å². The molecule has 1 aromatic carbocycles. The smallest absolute Gasteiger partial charge is 0.297 e. The van der Waals surface area contributed by atoms with E-state index in [0.717, 1.165) is 11.3 Å². The van der Waals surface area contributed by atoms with Crippen LogP contribution in [0.1, 0.15) is 13.8 Å². The third-order valence-corrected chi connectivity index (χ3v) is 2.51. The van der Waals surface area contributed by atoms with E-state index in [0.29, 0.717) is 11.8 Å². The molecule has 0 unspecified atom stereocenters. The molecule has 0 amide bonds. The number of methoxy groups -OCH3 is 1. The number of hydrogen-bond donors (Lipinski definition) is 1. The molecule has 0 bridgehead atoms. The Morgan fingerprint density at radius 3 is 2.63 bits per heavy atom. The normalized spacial score (nSPS) is 10.5. The van der Waals surface area contributed by atoms with Crippen LogP contribution < -0.4 is 9.47 Å². The molecule has 100 valence electrons. The quantitative estimate of drug-likeness (QED) is 0.870. The number of aromatic amines is 1. The Kier molecular flexibility index (Phi) is 4.11. The Bertz CT molecular complexity index is 625. The van der Waals surface area contributed by atoms with Crippen LogP contribution in [0.15, 0.2) is 24.3 Å². The highest BCUT2D eigenvalue weighted by Gasteiger charge is 2.10. The third kappa shape index (κ3) is 3.29. The summed E-state index contributed by atoms with van der Waals surface area (Å²) in [4.78, 5) is 11.1. The van der Waals surface area contributed by atoms with Crippen LogP contribution in [0.4, 0.5) is 0 Å². The summed E-state index contributed by atoms with van der Waals surface area (Å²) in [6.07, 6.45) is 0.0767. The summed E-state index contributed by atoms with van der Waals surface area (Å²) in [5.74, 6) is 1.32. The molecule has 0 atom stereocenters. The van der Waals surface area contributed by atoms with Crippen molar-refractivity contribution in [3.63, 3.8) is 0 Å². The Morgan fingerprint density at radius 1 is 1.21 bits per heavy atom. The van der Waals surface area contributed by atoms with Crippen molar-refractivity contribution in [3.8, 4) is 23.1 Å². The predicted molar refractivity (Wildman–Crippen MR) is 75.0 cm³/mol. The number of nitrogens with one attached hydrogen (secondary N) is 1. The van der Waals surface area contributed by atoms with Crippen LogP contribution in [0.3, 0.4) is 0 Å². The number of rotatable bonds is 4. The van der Waals surface area contributed by atoms with Gasteiger partial charge >= 0.3 is 0 Å². The zero-order valence-corrected chi connectivity index (χ0v) is 11.8. The molecular weight excluding hydrogens is 262 g/mol. The molecule has 0 saturated heterocycles. The SMILES string of the molecule is COc1nc(=S)nc(-c2ccccc2OC(C)C)[nH]1. The summed E-state index contributed by atoms with van der Waals surface area (Å²) >= 11 is 5.02. The average molecular weight is 277 g/mol. The first kappa shape index (κ1) is 13.5. The molecular formula is C13H15N3O2S. The maximum Gasteiger partial charge on any atom is 0.297 e. The molecule has 0 fully saturated rings. The van der Waals surface area contributed by atoms with Gasteiger partial charge in [0.2, 0.25) is 4.77 Å². The average Bonchev–Trinajstić information content (AvgIpc) is 2.38. The summed E-state index contributed by atoms with van der Waals surface area (Å²) in [5, 5.41) is 0. The number of para-hydroxylation sites is 1. The van der Waals surface area contributed by atoms with Gasteiger partial charge in [0, 0.05) is 0 Å². The minimum atomic E-state index is 0.0767. The molecule has 0 aliphatic rings. The Morgan fingerprint density at radius 2 is 1.95 bits per heavy atom. The van der Waals surface area contributed by atoms with E-state index in [1.54, 1.807) is 0 Å². The summed E-state index contributed by atoms with van der Waals surface area (Å²) in [5.41, 5.74) is 0.822. The van der Waals surface area contributed by atoms with Crippen LogP contribution in [0.25, 0.3) is 11.4 Å². The van der Waals surface area contributed by atoms with Gasteiger partial charge in [0.15, 0.2) is 0 Å². The Balaban J connectivity index is 2.52. The van der Waals surface area contributed by atoms with Crippen LogP contribution in [0.5, 0.6) is 11.8 Å². The molecule has 0 radical (unpaired) electrons. The lowest BCUT2D eigenvalue weighted by molar-refractivity contribution is 0.243. The van der Waals surface area contributed by atoms with Gasteiger partial charge in [0.25, 0.3) is 6.01 Å². The lowest BCUT2D eigenvalue weighted by atomic mass is 10.2. The van der Waals surface area contributed by atoms with Crippen LogP contribution >= 0.6 is 12.2 Å². The predicted octanol–water partition coefficient (Wildman–Crippen LogP) is 3.00. The van der Waals surface area contributed by atoms with E-state index in [1.165, 1.54) is 7.11 Å². The number of aromatic nitrogens is 3. The molecule has 1 aromatic heterocycles. The minimum absolute atomic E-state index is 0.0767. The molecule has 0 aliphatic heterocycles. The van der Waals surface area contributed by atoms with Gasteiger partial charge in [-0.2, -0.15) is 9.97 Å². The van der Waals surface area contributed by atoms with Gasteiger partial charge in [0.05, 0.1) is 18.8 Å². The minimum Gasteiger partial charge on any atom is -0.490 e. The van der Waals surface area contributed by atoms with Gasteiger partial charge in [-0.25, -0.2) is 0 Å². The molecule has 5 nitrogen and oxygen atoms in total. The highest BCUT2D eigenvalue weighted by Crippen LogP contribution is 2.28. The van der Waals surface area contributed by atoms with Crippen LogP contribution in [0, 0.1) is 4.77 Å². The number of H-pyrrole nitrogens is 1. The van der Waals surface area contributed by atoms with E-state index in [9.17, 15) is 0 Å². The Hall–Kier alpha value is -1.95. The first-order valence-electron chi connectivity index (χ1n) is 5.88. The topological polar surface area (TPSA) is 60.0 Å². The monoisotopic (exact) mass is 277 g/mol. The van der Waals surface area contributed by atoms with E-state index in [-0.39, 0.29) is 10.9 Å². The Labute approximate surface area is 116 Å². The highest BCUT2D eigenvalue weighted by atomic mass is 32.1. The fourth-order valence-electron chi connectivity index (χ4n) is 1.61. The summed E-state index contributed by atoms with van der Waals surface area (Å²) < 4.78 is 11.0. The van der Waals surface area contributed by atoms with Crippen molar-refractivity contribution in [2.45, 2.75) is 20.0 Å². The number of ether oxygens (including phenoxy) is 2. The van der Waals surface area contributed by atoms with Crippen LogP contribution in [-0.2, 0) is 0 Å². The van der Waals surface area contributed by atoms with Crippen molar-refractivity contribution in [2.24, 2.45) is 0 Å². The lowest BCUT2D eigenvalue weighted by Crippen LogP contribution is -2.07. The van der Waals surface area contributed by atoms with Gasteiger partial charge in [-0.05, 0) is 38.2 Å². The molecule has 1 heterocycles. The van der Waals surface area contributed by atoms with E-state index < -0.39 is 0 Å². The van der Waals surface area contributed by atoms with Crippen LogP contribution in [-0.4, -0.2) is 28.2 Å². The molecule has 1 N–H and O–H groups in total. The fourth-order valence-corrected chi connectivity index (χ4v) is 1.78. The van der Waals surface area contributed by atoms with Gasteiger partial charge in [-0.1, -0.05) is 12.1 Å². The lowest BCUT2D eigenvalue weighted by Gasteiger charge is -2.13. The zero-order chi connectivity index (χ0) is 13.8. The van der Waals surface area contributed by atoms with Gasteiger partial charge in [0.1, 0.15) is 11.6 Å². The second-order valence-corrected chi connectivity index (χ2v) is 4.52. The van der Waals surface area contributed by atoms with Crippen molar-refractivity contribution in [1.82, 2.24) is 15.0 Å². The number of hydrogen-bond acceptors (Lipinski definition) is 5. The molecule has 2 aromatic rings. The van der Waals surface area contributed by atoms with Crippen molar-refractivity contribution < 1.29 is 9.47 Å². The first-order chi connectivity index (χ1) is 9.10. The van der Waals surface area contributed by atoms with Crippen LogP contribution in [0.2, 0.25) is 0 Å². The van der Waals surface area contributed by atoms with E-state index in [2.05, 4.69) is 15.0 Å². The van der Waals surface area contributed by atoms with Crippen molar-refractivity contribution >= 4 is 12.2 Å². The molecule has 19 heavy (non-hydrogen) atoms. The van der Waals surface area contributed by atoms with E-state index >= 15 is 0 Å². The highest BCUT2D eigenvalue weighted by molar-refractivity contribution is 7.71. The van der Waals surface area contributed by atoms with E-state index in [4.69, 9.17) is 21.7 Å². The molecule has 2 rings (SSSR count). The second kappa shape index (κ2) is 5.79. The second-order valence-electron chi connectivity index (χ2n) is 4.15. The summed E-state index contributed by atoms with van der Waals surface area (Å²) in [6.45, 7) is 3.94.